The van der Waals surface area contributed by atoms with Crippen molar-refractivity contribution in [1.82, 2.24) is 5.16 Å². The highest BCUT2D eigenvalue weighted by molar-refractivity contribution is 5.87. The van der Waals surface area contributed by atoms with Gasteiger partial charge in [-0.05, 0) is 13.3 Å². The Kier molecular flexibility index (Phi) is 10.4. The molecule has 0 N–H and O–H groups in total. The second-order valence-electron chi connectivity index (χ2n) is 5.83. The molecule has 0 saturated carbocycles. The van der Waals surface area contributed by atoms with Crippen molar-refractivity contribution in [3.05, 3.63) is 17.5 Å². The molecule has 1 aromatic heterocycles. The van der Waals surface area contributed by atoms with Crippen LogP contribution in [0, 0.1) is 0 Å². The van der Waals surface area contributed by atoms with E-state index in [-0.39, 0.29) is 5.69 Å². The van der Waals surface area contributed by atoms with Gasteiger partial charge in [-0.3, -0.25) is 0 Å². The molecule has 0 radical (unpaired) electrons. The van der Waals surface area contributed by atoms with Gasteiger partial charge < -0.3 is 9.26 Å². The number of aromatic nitrogens is 1. The van der Waals surface area contributed by atoms with Crippen molar-refractivity contribution in [3.8, 4) is 0 Å². The molecule has 0 bridgehead atoms. The predicted molar refractivity (Wildman–Crippen MR) is 88.0 cm³/mol. The molecule has 0 atom stereocenters. The molecule has 0 fully saturated rings. The van der Waals surface area contributed by atoms with Crippen LogP contribution >= 0.6 is 0 Å². The fraction of sp³-hybridized carbons (Fsp3) is 0.778. The van der Waals surface area contributed by atoms with Crippen LogP contribution in [0.4, 0.5) is 0 Å². The van der Waals surface area contributed by atoms with Crippen LogP contribution in [0.25, 0.3) is 0 Å². The normalized spacial score (nSPS) is 10.8. The van der Waals surface area contributed by atoms with E-state index in [9.17, 15) is 4.79 Å². The SMILES string of the molecule is CCCCCCCCCCCCc1cc(C(=O)OCC)no1. The number of carbonyl (C=O) groups is 1. The Morgan fingerprint density at radius 3 is 2.18 bits per heavy atom. The Morgan fingerprint density at radius 1 is 1.00 bits per heavy atom. The van der Waals surface area contributed by atoms with E-state index >= 15 is 0 Å². The summed E-state index contributed by atoms with van der Waals surface area (Å²) in [6.45, 7) is 4.40. The van der Waals surface area contributed by atoms with Gasteiger partial charge in [-0.15, -0.1) is 0 Å². The maximum atomic E-state index is 11.5. The van der Waals surface area contributed by atoms with E-state index in [0.717, 1.165) is 18.6 Å². The van der Waals surface area contributed by atoms with Crippen LogP contribution in [0.2, 0.25) is 0 Å². The topological polar surface area (TPSA) is 52.3 Å². The van der Waals surface area contributed by atoms with Crippen LogP contribution in [0.1, 0.15) is 94.3 Å². The minimum atomic E-state index is -0.402. The summed E-state index contributed by atoms with van der Waals surface area (Å²) < 4.78 is 10.0. The van der Waals surface area contributed by atoms with Gasteiger partial charge in [0.15, 0.2) is 5.69 Å². The monoisotopic (exact) mass is 309 g/mol. The van der Waals surface area contributed by atoms with Gasteiger partial charge in [0.25, 0.3) is 0 Å². The highest BCUT2D eigenvalue weighted by atomic mass is 16.5. The molecule has 4 heteroatoms. The molecule has 0 aliphatic rings. The molecule has 0 amide bonds. The van der Waals surface area contributed by atoms with Gasteiger partial charge >= 0.3 is 5.97 Å². The first-order valence-electron chi connectivity index (χ1n) is 8.90. The number of aryl methyl sites for hydroxylation is 1. The van der Waals surface area contributed by atoms with E-state index in [1.807, 2.05) is 0 Å². The van der Waals surface area contributed by atoms with Crippen molar-refractivity contribution in [2.45, 2.75) is 84.5 Å². The summed E-state index contributed by atoms with van der Waals surface area (Å²) in [5.41, 5.74) is 0.281. The Labute approximate surface area is 134 Å². The lowest BCUT2D eigenvalue weighted by Gasteiger charge is -2.01. The Hall–Kier alpha value is -1.32. The number of rotatable bonds is 13. The highest BCUT2D eigenvalue weighted by Crippen LogP contribution is 2.13. The average Bonchev–Trinajstić information content (AvgIpc) is 2.98. The third-order valence-corrected chi connectivity index (χ3v) is 3.82. The number of esters is 1. The molecule has 0 aliphatic heterocycles. The van der Waals surface area contributed by atoms with Gasteiger partial charge in [-0.2, -0.15) is 0 Å². The summed E-state index contributed by atoms with van der Waals surface area (Å²) >= 11 is 0. The number of hydrogen-bond donors (Lipinski definition) is 0. The van der Waals surface area contributed by atoms with Gasteiger partial charge in [-0.25, -0.2) is 4.79 Å². The number of nitrogens with zero attached hydrogens (tertiary/aromatic N) is 1. The zero-order valence-electron chi connectivity index (χ0n) is 14.2. The summed E-state index contributed by atoms with van der Waals surface area (Å²) in [4.78, 5) is 11.5. The van der Waals surface area contributed by atoms with E-state index in [0.29, 0.717) is 6.61 Å². The van der Waals surface area contributed by atoms with Crippen LogP contribution in [0.15, 0.2) is 10.6 Å². The van der Waals surface area contributed by atoms with E-state index in [2.05, 4.69) is 12.1 Å². The average molecular weight is 309 g/mol. The van der Waals surface area contributed by atoms with Crippen molar-refractivity contribution in [1.29, 1.82) is 0 Å². The predicted octanol–water partition coefficient (Wildman–Crippen LogP) is 5.31. The molecule has 1 rings (SSSR count). The smallest absolute Gasteiger partial charge is 0.360 e. The zero-order chi connectivity index (χ0) is 16.0. The molecule has 126 valence electrons. The molecule has 22 heavy (non-hydrogen) atoms. The number of ether oxygens (including phenoxy) is 1. The quantitative estimate of drug-likeness (QED) is 0.366. The van der Waals surface area contributed by atoms with E-state index < -0.39 is 5.97 Å². The molecule has 0 saturated heterocycles. The molecule has 0 aromatic carbocycles. The van der Waals surface area contributed by atoms with Gasteiger partial charge in [-0.1, -0.05) is 69.9 Å². The maximum absolute atomic E-state index is 11.5. The van der Waals surface area contributed by atoms with Crippen LogP contribution in [-0.2, 0) is 11.2 Å². The Morgan fingerprint density at radius 2 is 1.59 bits per heavy atom. The molecular weight excluding hydrogens is 278 g/mol. The molecule has 0 aliphatic carbocycles. The standard InChI is InChI=1S/C18H31NO3/c1-3-5-6-7-8-9-10-11-12-13-14-16-15-17(19-22-16)18(20)21-4-2/h15H,3-14H2,1-2H3. The van der Waals surface area contributed by atoms with Crippen molar-refractivity contribution in [2.75, 3.05) is 6.61 Å². The molecular formula is C18H31NO3. The van der Waals surface area contributed by atoms with E-state index in [1.54, 1.807) is 13.0 Å². The molecule has 0 spiro atoms. The van der Waals surface area contributed by atoms with Gasteiger partial charge in [0, 0.05) is 12.5 Å². The summed E-state index contributed by atoms with van der Waals surface area (Å²) in [6, 6.07) is 1.70. The lowest BCUT2D eigenvalue weighted by Crippen LogP contribution is -2.04. The van der Waals surface area contributed by atoms with Crippen LogP contribution in [-0.4, -0.2) is 17.7 Å². The van der Waals surface area contributed by atoms with Crippen molar-refractivity contribution < 1.29 is 14.1 Å². The highest BCUT2D eigenvalue weighted by Gasteiger charge is 2.12. The third-order valence-electron chi connectivity index (χ3n) is 3.82. The van der Waals surface area contributed by atoms with Gasteiger partial charge in [0.1, 0.15) is 5.76 Å². The fourth-order valence-corrected chi connectivity index (χ4v) is 2.52. The van der Waals surface area contributed by atoms with Gasteiger partial charge in [0.05, 0.1) is 6.61 Å². The summed E-state index contributed by atoms with van der Waals surface area (Å²) in [5.74, 6) is 0.378. The molecule has 4 nitrogen and oxygen atoms in total. The summed E-state index contributed by atoms with van der Waals surface area (Å²) in [6.07, 6.45) is 14.0. The zero-order valence-corrected chi connectivity index (χ0v) is 14.2. The van der Waals surface area contributed by atoms with Crippen molar-refractivity contribution >= 4 is 5.97 Å². The number of unbranched alkanes of at least 4 members (excludes halogenated alkanes) is 9. The van der Waals surface area contributed by atoms with Crippen molar-refractivity contribution in [2.24, 2.45) is 0 Å². The summed E-state index contributed by atoms with van der Waals surface area (Å²) in [7, 11) is 0. The molecule has 0 unspecified atom stereocenters. The lowest BCUT2D eigenvalue weighted by atomic mass is 10.1. The van der Waals surface area contributed by atoms with Crippen LogP contribution in [0.5, 0.6) is 0 Å². The Balaban J connectivity index is 2.00. The molecule has 1 aromatic rings. The summed E-state index contributed by atoms with van der Waals surface area (Å²) in [5, 5.41) is 3.75. The first-order valence-corrected chi connectivity index (χ1v) is 8.90. The van der Waals surface area contributed by atoms with Crippen LogP contribution in [0.3, 0.4) is 0 Å². The molecule has 1 heterocycles. The van der Waals surface area contributed by atoms with Crippen molar-refractivity contribution in [3.63, 3.8) is 0 Å². The fourth-order valence-electron chi connectivity index (χ4n) is 2.52. The van der Waals surface area contributed by atoms with Gasteiger partial charge in [0.2, 0.25) is 0 Å². The second-order valence-corrected chi connectivity index (χ2v) is 5.83. The minimum Gasteiger partial charge on any atom is -0.461 e. The first-order chi connectivity index (χ1) is 10.8. The minimum absolute atomic E-state index is 0.281. The Bertz CT molecular complexity index is 401. The van der Waals surface area contributed by atoms with Crippen LogP contribution < -0.4 is 0 Å². The third kappa shape index (κ3) is 8.20. The number of carbonyl (C=O) groups excluding carboxylic acids is 1. The maximum Gasteiger partial charge on any atom is 0.360 e. The van der Waals surface area contributed by atoms with E-state index in [1.165, 1.54) is 57.8 Å². The largest absolute Gasteiger partial charge is 0.461 e. The number of hydrogen-bond acceptors (Lipinski definition) is 4. The van der Waals surface area contributed by atoms with E-state index in [4.69, 9.17) is 9.26 Å². The lowest BCUT2D eigenvalue weighted by molar-refractivity contribution is 0.0514. The second kappa shape index (κ2) is 12.2. The first kappa shape index (κ1) is 18.7.